The third-order valence-electron chi connectivity index (χ3n) is 3.02. The summed E-state index contributed by atoms with van der Waals surface area (Å²) in [4.78, 5) is 16.1. The van der Waals surface area contributed by atoms with Crippen molar-refractivity contribution >= 4 is 17.5 Å². The lowest BCUT2D eigenvalue weighted by atomic mass is 10.1. The Morgan fingerprint density at radius 2 is 2.33 bits per heavy atom. The molecule has 4 nitrogen and oxygen atoms in total. The van der Waals surface area contributed by atoms with Gasteiger partial charge in [0.25, 0.3) is 5.91 Å². The molecule has 0 spiro atoms. The van der Waals surface area contributed by atoms with Crippen LogP contribution in [0.15, 0.2) is 24.3 Å². The van der Waals surface area contributed by atoms with Crippen LogP contribution in [0.25, 0.3) is 0 Å². The SMILES string of the molecule is Cc1nc(Cl)ccc1C(=O)N[C@@H]1C=C[C@H](CO)C1. The summed E-state index contributed by atoms with van der Waals surface area (Å²) in [5, 5.41) is 12.3. The molecule has 0 radical (unpaired) electrons. The molecule has 2 rings (SSSR count). The zero-order valence-electron chi connectivity index (χ0n) is 10.1. The highest BCUT2D eigenvalue weighted by atomic mass is 35.5. The Morgan fingerprint density at radius 1 is 1.56 bits per heavy atom. The fraction of sp³-hybridized carbons (Fsp3) is 0.385. The van der Waals surface area contributed by atoms with Crippen LogP contribution in [0.4, 0.5) is 0 Å². The first-order valence-corrected chi connectivity index (χ1v) is 6.21. The highest BCUT2D eigenvalue weighted by Gasteiger charge is 2.21. The van der Waals surface area contributed by atoms with Gasteiger partial charge in [0.15, 0.2) is 0 Å². The number of carbonyl (C=O) groups is 1. The van der Waals surface area contributed by atoms with Gasteiger partial charge in [0.2, 0.25) is 0 Å². The van der Waals surface area contributed by atoms with Gasteiger partial charge in [0.05, 0.1) is 11.3 Å². The van der Waals surface area contributed by atoms with Crippen LogP contribution in [0.1, 0.15) is 22.5 Å². The molecule has 1 aromatic heterocycles. The van der Waals surface area contributed by atoms with Gasteiger partial charge in [-0.2, -0.15) is 0 Å². The molecule has 0 aliphatic heterocycles. The zero-order chi connectivity index (χ0) is 13.1. The van der Waals surface area contributed by atoms with Crippen molar-refractivity contribution in [1.82, 2.24) is 10.3 Å². The van der Waals surface area contributed by atoms with Crippen LogP contribution in [0.3, 0.4) is 0 Å². The summed E-state index contributed by atoms with van der Waals surface area (Å²) in [6, 6.07) is 3.25. The monoisotopic (exact) mass is 266 g/mol. The number of rotatable bonds is 3. The van der Waals surface area contributed by atoms with E-state index in [2.05, 4.69) is 10.3 Å². The number of nitrogens with one attached hydrogen (secondary N) is 1. The fourth-order valence-corrected chi connectivity index (χ4v) is 2.22. The van der Waals surface area contributed by atoms with Gasteiger partial charge in [-0.3, -0.25) is 4.79 Å². The zero-order valence-corrected chi connectivity index (χ0v) is 10.8. The van der Waals surface area contributed by atoms with Crippen molar-refractivity contribution in [1.29, 1.82) is 0 Å². The Hall–Kier alpha value is -1.39. The maximum Gasteiger partial charge on any atom is 0.253 e. The van der Waals surface area contributed by atoms with Crippen LogP contribution in [-0.4, -0.2) is 28.6 Å². The van der Waals surface area contributed by atoms with Gasteiger partial charge in [-0.15, -0.1) is 0 Å². The number of aliphatic hydroxyl groups excluding tert-OH is 1. The molecular formula is C13H15ClN2O2. The summed E-state index contributed by atoms with van der Waals surface area (Å²) in [5.41, 5.74) is 1.14. The number of carbonyl (C=O) groups excluding carboxylic acids is 1. The molecule has 1 aliphatic carbocycles. The minimum absolute atomic E-state index is 0.0234. The van der Waals surface area contributed by atoms with E-state index in [4.69, 9.17) is 16.7 Å². The molecule has 1 aromatic rings. The molecule has 0 saturated carbocycles. The van der Waals surface area contributed by atoms with Crippen LogP contribution >= 0.6 is 11.6 Å². The molecule has 0 saturated heterocycles. The van der Waals surface area contributed by atoms with Gasteiger partial charge in [-0.1, -0.05) is 23.8 Å². The van der Waals surface area contributed by atoms with Crippen molar-refractivity contribution in [3.63, 3.8) is 0 Å². The van der Waals surface area contributed by atoms with Crippen LogP contribution in [0.5, 0.6) is 0 Å². The summed E-state index contributed by atoms with van der Waals surface area (Å²) in [7, 11) is 0. The van der Waals surface area contributed by atoms with Crippen molar-refractivity contribution < 1.29 is 9.90 Å². The first-order valence-electron chi connectivity index (χ1n) is 5.83. The van der Waals surface area contributed by atoms with E-state index in [1.54, 1.807) is 19.1 Å². The fourth-order valence-electron chi connectivity index (χ4n) is 2.03. The molecule has 0 aromatic carbocycles. The van der Waals surface area contributed by atoms with Gasteiger partial charge in [0, 0.05) is 18.6 Å². The minimum Gasteiger partial charge on any atom is -0.396 e. The van der Waals surface area contributed by atoms with Crippen LogP contribution in [-0.2, 0) is 0 Å². The molecule has 18 heavy (non-hydrogen) atoms. The van der Waals surface area contributed by atoms with Crippen molar-refractivity contribution in [2.75, 3.05) is 6.61 Å². The molecule has 1 heterocycles. The number of nitrogens with zero attached hydrogens (tertiary/aromatic N) is 1. The third kappa shape index (κ3) is 2.89. The lowest BCUT2D eigenvalue weighted by Crippen LogP contribution is -2.33. The van der Waals surface area contributed by atoms with Crippen LogP contribution in [0, 0.1) is 12.8 Å². The number of halogens is 1. The predicted octanol–water partition coefficient (Wildman–Crippen LogP) is 1.71. The molecule has 0 fully saturated rings. The molecular weight excluding hydrogens is 252 g/mol. The second kappa shape index (κ2) is 5.50. The maximum absolute atomic E-state index is 12.0. The molecule has 1 aliphatic rings. The van der Waals surface area contributed by atoms with Crippen molar-refractivity contribution in [3.8, 4) is 0 Å². The number of aryl methyl sites for hydroxylation is 1. The normalized spacial score (nSPS) is 22.2. The summed E-state index contributed by atoms with van der Waals surface area (Å²) >= 11 is 5.75. The summed E-state index contributed by atoms with van der Waals surface area (Å²) in [6.07, 6.45) is 4.58. The first-order chi connectivity index (χ1) is 8.60. The predicted molar refractivity (Wildman–Crippen MR) is 69.6 cm³/mol. The second-order valence-corrected chi connectivity index (χ2v) is 4.80. The van der Waals surface area contributed by atoms with Crippen molar-refractivity contribution in [2.24, 2.45) is 5.92 Å². The standard InChI is InChI=1S/C13H15ClN2O2/c1-8-11(4-5-12(14)15-8)13(18)16-10-3-2-9(6-10)7-17/h2-5,9-10,17H,6-7H2,1H3,(H,16,18)/t9-,10+/m0/s1. The highest BCUT2D eigenvalue weighted by molar-refractivity contribution is 6.29. The van der Waals surface area contributed by atoms with Crippen molar-refractivity contribution in [2.45, 2.75) is 19.4 Å². The van der Waals surface area contributed by atoms with Gasteiger partial charge >= 0.3 is 0 Å². The lowest BCUT2D eigenvalue weighted by Gasteiger charge is -2.13. The topological polar surface area (TPSA) is 62.2 Å². The average Bonchev–Trinajstić information content (AvgIpc) is 2.76. The summed E-state index contributed by atoms with van der Waals surface area (Å²) in [6.45, 7) is 1.87. The van der Waals surface area contributed by atoms with Crippen molar-refractivity contribution in [3.05, 3.63) is 40.7 Å². The van der Waals surface area contributed by atoms with E-state index >= 15 is 0 Å². The second-order valence-electron chi connectivity index (χ2n) is 4.41. The van der Waals surface area contributed by atoms with Crippen LogP contribution < -0.4 is 5.32 Å². The summed E-state index contributed by atoms with van der Waals surface area (Å²) < 4.78 is 0. The largest absolute Gasteiger partial charge is 0.396 e. The number of aromatic nitrogens is 1. The Balaban J connectivity index is 2.02. The molecule has 2 N–H and O–H groups in total. The smallest absolute Gasteiger partial charge is 0.253 e. The molecule has 5 heteroatoms. The first kappa shape index (κ1) is 13.1. The quantitative estimate of drug-likeness (QED) is 0.647. The number of pyridine rings is 1. The summed E-state index contributed by atoms with van der Waals surface area (Å²) in [5.74, 6) is -0.0235. The molecule has 96 valence electrons. The average molecular weight is 267 g/mol. The number of amides is 1. The van der Waals surface area contributed by atoms with Crippen LogP contribution in [0.2, 0.25) is 5.15 Å². The Labute approximate surface area is 111 Å². The van der Waals surface area contributed by atoms with E-state index < -0.39 is 0 Å². The maximum atomic E-state index is 12.0. The Kier molecular flexibility index (Phi) is 3.99. The van der Waals surface area contributed by atoms with E-state index in [0.29, 0.717) is 16.4 Å². The minimum atomic E-state index is -0.162. The van der Waals surface area contributed by atoms with E-state index in [0.717, 1.165) is 6.42 Å². The molecule has 1 amide bonds. The lowest BCUT2D eigenvalue weighted by molar-refractivity contribution is 0.0940. The van der Waals surface area contributed by atoms with E-state index in [9.17, 15) is 4.79 Å². The van der Waals surface area contributed by atoms with Gasteiger partial charge in [-0.05, 0) is 25.5 Å². The highest BCUT2D eigenvalue weighted by Crippen LogP contribution is 2.18. The third-order valence-corrected chi connectivity index (χ3v) is 3.23. The number of hydrogen-bond acceptors (Lipinski definition) is 3. The Morgan fingerprint density at radius 3 is 2.94 bits per heavy atom. The number of aliphatic hydroxyl groups is 1. The number of hydrogen-bond donors (Lipinski definition) is 2. The molecule has 0 unspecified atom stereocenters. The Bertz CT molecular complexity index is 488. The van der Waals surface area contributed by atoms with Gasteiger partial charge in [-0.25, -0.2) is 4.98 Å². The molecule has 2 atom stereocenters. The van der Waals surface area contributed by atoms with E-state index in [-0.39, 0.29) is 24.5 Å². The van der Waals surface area contributed by atoms with Gasteiger partial charge < -0.3 is 10.4 Å². The van der Waals surface area contributed by atoms with E-state index in [1.807, 2.05) is 12.2 Å². The van der Waals surface area contributed by atoms with E-state index in [1.165, 1.54) is 0 Å². The molecule has 0 bridgehead atoms. The van der Waals surface area contributed by atoms with Gasteiger partial charge in [0.1, 0.15) is 5.15 Å².